The molecule has 1 atom stereocenters. The summed E-state index contributed by atoms with van der Waals surface area (Å²) in [6.45, 7) is 7.62. The summed E-state index contributed by atoms with van der Waals surface area (Å²) >= 11 is 0. The summed E-state index contributed by atoms with van der Waals surface area (Å²) < 4.78 is 5.91. The minimum absolute atomic E-state index is 0.311. The zero-order chi connectivity index (χ0) is 13.2. The standard InChI is InChI=1S/C14H23N3O/c1-10-12(6-8-15)11(2)17-13(16-10)14(3)7-4-5-9-18-14/h4-9,15H2,1-3H3. The van der Waals surface area contributed by atoms with Gasteiger partial charge in [0.2, 0.25) is 0 Å². The fraction of sp³-hybridized carbons (Fsp3) is 0.714. The van der Waals surface area contributed by atoms with Crippen molar-refractivity contribution in [3.05, 3.63) is 22.8 Å². The molecule has 100 valence electrons. The van der Waals surface area contributed by atoms with Crippen LogP contribution in [-0.2, 0) is 16.8 Å². The Bertz CT molecular complexity index is 402. The lowest BCUT2D eigenvalue weighted by atomic mass is 9.94. The van der Waals surface area contributed by atoms with Crippen LogP contribution in [0, 0.1) is 13.8 Å². The van der Waals surface area contributed by atoms with E-state index in [1.165, 1.54) is 12.0 Å². The van der Waals surface area contributed by atoms with Gasteiger partial charge in [-0.25, -0.2) is 9.97 Å². The zero-order valence-corrected chi connectivity index (χ0v) is 11.6. The number of nitrogens with two attached hydrogens (primary N) is 1. The van der Waals surface area contributed by atoms with Crippen molar-refractivity contribution in [2.75, 3.05) is 13.2 Å². The molecule has 1 unspecified atom stereocenters. The molecule has 2 rings (SSSR count). The van der Waals surface area contributed by atoms with Crippen molar-refractivity contribution in [1.29, 1.82) is 0 Å². The van der Waals surface area contributed by atoms with E-state index in [2.05, 4.69) is 16.9 Å². The minimum atomic E-state index is -0.311. The second-order valence-electron chi connectivity index (χ2n) is 5.27. The average Bonchev–Trinajstić information content (AvgIpc) is 2.34. The fourth-order valence-corrected chi connectivity index (χ4v) is 2.59. The van der Waals surface area contributed by atoms with E-state index in [0.29, 0.717) is 6.54 Å². The third-order valence-electron chi connectivity index (χ3n) is 3.76. The lowest BCUT2D eigenvalue weighted by Crippen LogP contribution is -2.33. The first-order valence-corrected chi connectivity index (χ1v) is 6.75. The molecule has 0 aromatic carbocycles. The van der Waals surface area contributed by atoms with Crippen LogP contribution in [0.5, 0.6) is 0 Å². The smallest absolute Gasteiger partial charge is 0.160 e. The Labute approximate surface area is 109 Å². The van der Waals surface area contributed by atoms with Crippen molar-refractivity contribution >= 4 is 0 Å². The third kappa shape index (κ3) is 2.54. The van der Waals surface area contributed by atoms with Crippen LogP contribution in [0.25, 0.3) is 0 Å². The first kappa shape index (κ1) is 13.4. The lowest BCUT2D eigenvalue weighted by molar-refractivity contribution is -0.0762. The van der Waals surface area contributed by atoms with Crippen LogP contribution in [0.15, 0.2) is 0 Å². The summed E-state index contributed by atoms with van der Waals surface area (Å²) in [4.78, 5) is 9.31. The van der Waals surface area contributed by atoms with Crippen molar-refractivity contribution in [3.63, 3.8) is 0 Å². The molecule has 0 aliphatic carbocycles. The highest BCUT2D eigenvalue weighted by atomic mass is 16.5. The van der Waals surface area contributed by atoms with Gasteiger partial charge in [-0.15, -0.1) is 0 Å². The summed E-state index contributed by atoms with van der Waals surface area (Å²) in [5.41, 5.74) is 8.58. The van der Waals surface area contributed by atoms with E-state index in [4.69, 9.17) is 10.5 Å². The predicted molar refractivity (Wildman–Crippen MR) is 71.4 cm³/mol. The van der Waals surface area contributed by atoms with Gasteiger partial charge in [0, 0.05) is 18.0 Å². The topological polar surface area (TPSA) is 61.0 Å². The van der Waals surface area contributed by atoms with E-state index in [9.17, 15) is 0 Å². The Hall–Kier alpha value is -1.00. The molecule has 4 heteroatoms. The summed E-state index contributed by atoms with van der Waals surface area (Å²) in [5, 5.41) is 0. The van der Waals surface area contributed by atoms with Gasteiger partial charge >= 0.3 is 0 Å². The van der Waals surface area contributed by atoms with Gasteiger partial charge in [0.05, 0.1) is 0 Å². The number of nitrogens with zero attached hydrogens (tertiary/aromatic N) is 2. The second-order valence-corrected chi connectivity index (χ2v) is 5.27. The van der Waals surface area contributed by atoms with Crippen LogP contribution in [0.4, 0.5) is 0 Å². The maximum atomic E-state index is 5.91. The highest BCUT2D eigenvalue weighted by molar-refractivity contribution is 5.26. The SMILES string of the molecule is Cc1nc(C2(C)CCCCO2)nc(C)c1CCN. The van der Waals surface area contributed by atoms with E-state index in [-0.39, 0.29) is 5.60 Å². The molecule has 0 spiro atoms. The summed E-state index contributed by atoms with van der Waals surface area (Å²) in [5.74, 6) is 0.831. The Kier molecular flexibility index (Phi) is 3.97. The Morgan fingerprint density at radius 1 is 1.22 bits per heavy atom. The molecule has 1 saturated heterocycles. The normalized spacial score (nSPS) is 24.2. The molecular weight excluding hydrogens is 226 g/mol. The number of ether oxygens (including phenoxy) is 1. The van der Waals surface area contributed by atoms with E-state index >= 15 is 0 Å². The van der Waals surface area contributed by atoms with Crippen molar-refractivity contribution in [3.8, 4) is 0 Å². The van der Waals surface area contributed by atoms with E-state index < -0.39 is 0 Å². The van der Waals surface area contributed by atoms with Crippen molar-refractivity contribution in [2.24, 2.45) is 5.73 Å². The van der Waals surface area contributed by atoms with Gasteiger partial charge in [0.15, 0.2) is 5.82 Å². The quantitative estimate of drug-likeness (QED) is 0.890. The van der Waals surface area contributed by atoms with Gasteiger partial charge in [-0.3, -0.25) is 0 Å². The van der Waals surface area contributed by atoms with Crippen LogP contribution in [0.3, 0.4) is 0 Å². The van der Waals surface area contributed by atoms with Gasteiger partial charge in [-0.05, 0) is 58.6 Å². The van der Waals surface area contributed by atoms with Crippen LogP contribution in [0.2, 0.25) is 0 Å². The summed E-state index contributed by atoms with van der Waals surface area (Å²) in [6, 6.07) is 0. The molecule has 2 N–H and O–H groups in total. The molecule has 4 nitrogen and oxygen atoms in total. The highest BCUT2D eigenvalue weighted by Gasteiger charge is 2.33. The molecule has 0 saturated carbocycles. The highest BCUT2D eigenvalue weighted by Crippen LogP contribution is 2.33. The first-order chi connectivity index (χ1) is 8.57. The monoisotopic (exact) mass is 249 g/mol. The Balaban J connectivity index is 2.34. The van der Waals surface area contributed by atoms with E-state index in [1.54, 1.807) is 0 Å². The molecule has 18 heavy (non-hydrogen) atoms. The Morgan fingerprint density at radius 3 is 2.39 bits per heavy atom. The summed E-state index contributed by atoms with van der Waals surface area (Å²) in [7, 11) is 0. The number of aryl methyl sites for hydroxylation is 2. The summed E-state index contributed by atoms with van der Waals surface area (Å²) in [6.07, 6.45) is 4.17. The van der Waals surface area contributed by atoms with Gasteiger partial charge in [-0.2, -0.15) is 0 Å². The third-order valence-corrected chi connectivity index (χ3v) is 3.76. The number of hydrogen-bond donors (Lipinski definition) is 1. The van der Waals surface area contributed by atoms with Crippen LogP contribution >= 0.6 is 0 Å². The van der Waals surface area contributed by atoms with E-state index in [0.717, 1.165) is 43.1 Å². The molecule has 1 aliphatic heterocycles. The van der Waals surface area contributed by atoms with Gasteiger partial charge in [0.25, 0.3) is 0 Å². The second kappa shape index (κ2) is 5.33. The number of hydrogen-bond acceptors (Lipinski definition) is 4. The fourth-order valence-electron chi connectivity index (χ4n) is 2.59. The molecular formula is C14H23N3O. The van der Waals surface area contributed by atoms with Gasteiger partial charge in [-0.1, -0.05) is 0 Å². The van der Waals surface area contributed by atoms with Crippen LogP contribution in [-0.4, -0.2) is 23.1 Å². The van der Waals surface area contributed by atoms with Gasteiger partial charge < -0.3 is 10.5 Å². The zero-order valence-electron chi connectivity index (χ0n) is 11.6. The molecule has 2 heterocycles. The maximum Gasteiger partial charge on any atom is 0.160 e. The van der Waals surface area contributed by atoms with Crippen molar-refractivity contribution in [2.45, 2.75) is 52.1 Å². The molecule has 1 aromatic heterocycles. The maximum absolute atomic E-state index is 5.91. The van der Waals surface area contributed by atoms with E-state index in [1.807, 2.05) is 13.8 Å². The van der Waals surface area contributed by atoms with Crippen molar-refractivity contribution < 1.29 is 4.74 Å². The number of rotatable bonds is 3. The molecule has 1 fully saturated rings. The predicted octanol–water partition coefficient (Wildman–Crippen LogP) is 2.01. The minimum Gasteiger partial charge on any atom is -0.367 e. The first-order valence-electron chi connectivity index (χ1n) is 6.75. The number of aromatic nitrogens is 2. The molecule has 1 aliphatic rings. The van der Waals surface area contributed by atoms with Crippen LogP contribution < -0.4 is 5.73 Å². The molecule has 0 amide bonds. The molecule has 1 aromatic rings. The molecule has 0 radical (unpaired) electrons. The van der Waals surface area contributed by atoms with Crippen LogP contribution in [0.1, 0.15) is 49.0 Å². The Morgan fingerprint density at radius 2 is 1.89 bits per heavy atom. The largest absolute Gasteiger partial charge is 0.367 e. The van der Waals surface area contributed by atoms with Crippen molar-refractivity contribution in [1.82, 2.24) is 9.97 Å². The lowest BCUT2D eigenvalue weighted by Gasteiger charge is -2.33. The molecule has 0 bridgehead atoms. The average molecular weight is 249 g/mol. The van der Waals surface area contributed by atoms with Gasteiger partial charge in [0.1, 0.15) is 5.60 Å².